The first-order chi connectivity index (χ1) is 9.86. The quantitative estimate of drug-likeness (QED) is 0.809. The predicted molar refractivity (Wildman–Crippen MR) is 84.0 cm³/mol. The van der Waals surface area contributed by atoms with Crippen LogP contribution >= 0.6 is 0 Å². The van der Waals surface area contributed by atoms with Crippen LogP contribution in [0, 0.1) is 0 Å². The zero-order chi connectivity index (χ0) is 16.0. The van der Waals surface area contributed by atoms with Crippen LogP contribution in [0.1, 0.15) is 38.1 Å². The van der Waals surface area contributed by atoms with Crippen molar-refractivity contribution in [1.82, 2.24) is 10.2 Å². The number of methoxy groups -OCH3 is 1. The molecule has 5 nitrogen and oxygen atoms in total. The van der Waals surface area contributed by atoms with Crippen LogP contribution in [0.15, 0.2) is 18.2 Å². The number of aromatic hydroxyl groups is 1. The predicted octanol–water partition coefficient (Wildman–Crippen LogP) is 2.25. The third-order valence-electron chi connectivity index (χ3n) is 3.42. The number of nitrogens with zero attached hydrogens (tertiary/aromatic N) is 1. The Morgan fingerprint density at radius 3 is 2.38 bits per heavy atom. The molecule has 0 spiro atoms. The fraction of sp³-hybridized carbons (Fsp3) is 0.562. The standard InChI is InChI=1S/C16H26N2O3/c1-11(2)18(12(3)4)9-8-17-16(20)13-6-7-15(21-5)14(19)10-13/h6-7,10-12,19H,8-9H2,1-5H3,(H,17,20). The van der Waals surface area contributed by atoms with Crippen LogP contribution in [0.5, 0.6) is 11.5 Å². The summed E-state index contributed by atoms with van der Waals surface area (Å²) in [6, 6.07) is 5.51. The number of carbonyl (C=O) groups excluding carboxylic acids is 1. The number of carbonyl (C=O) groups is 1. The fourth-order valence-corrected chi connectivity index (χ4v) is 2.34. The number of ether oxygens (including phenoxy) is 1. The Morgan fingerprint density at radius 1 is 1.29 bits per heavy atom. The highest BCUT2D eigenvalue weighted by Gasteiger charge is 2.14. The number of rotatable bonds is 7. The molecule has 0 heterocycles. The molecule has 0 radical (unpaired) electrons. The molecule has 2 N–H and O–H groups in total. The van der Waals surface area contributed by atoms with Gasteiger partial charge in [0, 0.05) is 30.7 Å². The minimum Gasteiger partial charge on any atom is -0.504 e. The number of hydrogen-bond donors (Lipinski definition) is 2. The highest BCUT2D eigenvalue weighted by atomic mass is 16.5. The lowest BCUT2D eigenvalue weighted by Crippen LogP contribution is -2.42. The maximum absolute atomic E-state index is 12.0. The minimum absolute atomic E-state index is 0.0314. The largest absolute Gasteiger partial charge is 0.504 e. The number of nitrogens with one attached hydrogen (secondary N) is 1. The molecule has 0 aromatic heterocycles. The van der Waals surface area contributed by atoms with E-state index in [2.05, 4.69) is 37.9 Å². The Kier molecular flexibility index (Phi) is 6.49. The third-order valence-corrected chi connectivity index (χ3v) is 3.42. The lowest BCUT2D eigenvalue weighted by atomic mass is 10.2. The van der Waals surface area contributed by atoms with E-state index in [4.69, 9.17) is 4.74 Å². The first-order valence-corrected chi connectivity index (χ1v) is 7.27. The van der Waals surface area contributed by atoms with Gasteiger partial charge in [0.2, 0.25) is 0 Å². The molecule has 1 rings (SSSR count). The van der Waals surface area contributed by atoms with Gasteiger partial charge < -0.3 is 15.2 Å². The van der Waals surface area contributed by atoms with Crippen molar-refractivity contribution in [1.29, 1.82) is 0 Å². The van der Waals surface area contributed by atoms with Crippen molar-refractivity contribution < 1.29 is 14.6 Å². The van der Waals surface area contributed by atoms with Gasteiger partial charge in [-0.1, -0.05) is 0 Å². The number of phenolic OH excluding ortho intramolecular Hbond substituents is 1. The Hall–Kier alpha value is -1.75. The first kappa shape index (κ1) is 17.3. The van der Waals surface area contributed by atoms with E-state index in [1.807, 2.05) is 0 Å². The van der Waals surface area contributed by atoms with Crippen LogP contribution in [-0.2, 0) is 0 Å². The Labute approximate surface area is 126 Å². The molecule has 0 aliphatic heterocycles. The van der Waals surface area contributed by atoms with E-state index in [0.29, 0.717) is 29.9 Å². The van der Waals surface area contributed by atoms with Crippen LogP contribution in [0.3, 0.4) is 0 Å². The molecule has 21 heavy (non-hydrogen) atoms. The summed E-state index contributed by atoms with van der Waals surface area (Å²) in [6.45, 7) is 9.94. The van der Waals surface area contributed by atoms with E-state index < -0.39 is 0 Å². The first-order valence-electron chi connectivity index (χ1n) is 7.27. The van der Waals surface area contributed by atoms with E-state index >= 15 is 0 Å². The number of phenols is 1. The molecule has 0 fully saturated rings. The zero-order valence-corrected chi connectivity index (χ0v) is 13.5. The van der Waals surface area contributed by atoms with Gasteiger partial charge in [-0.25, -0.2) is 0 Å². The highest BCUT2D eigenvalue weighted by molar-refractivity contribution is 5.94. The van der Waals surface area contributed by atoms with E-state index in [-0.39, 0.29) is 11.7 Å². The van der Waals surface area contributed by atoms with Crippen molar-refractivity contribution >= 4 is 5.91 Å². The smallest absolute Gasteiger partial charge is 0.251 e. The van der Waals surface area contributed by atoms with Crippen LogP contribution in [0.4, 0.5) is 0 Å². The van der Waals surface area contributed by atoms with Crippen molar-refractivity contribution in [2.75, 3.05) is 20.2 Å². The molecule has 1 amide bonds. The fourth-order valence-electron chi connectivity index (χ4n) is 2.34. The number of hydrogen-bond acceptors (Lipinski definition) is 4. The topological polar surface area (TPSA) is 61.8 Å². The summed E-state index contributed by atoms with van der Waals surface area (Å²) in [5.74, 6) is 0.133. The minimum atomic E-state index is -0.194. The zero-order valence-electron chi connectivity index (χ0n) is 13.5. The van der Waals surface area contributed by atoms with Crippen LogP contribution in [-0.4, -0.2) is 48.2 Å². The molecule has 0 saturated carbocycles. The van der Waals surface area contributed by atoms with Gasteiger partial charge in [0.1, 0.15) is 0 Å². The van der Waals surface area contributed by atoms with E-state index in [9.17, 15) is 9.90 Å². The molecular weight excluding hydrogens is 268 g/mol. The molecule has 0 saturated heterocycles. The molecule has 0 aliphatic rings. The Bertz CT molecular complexity index is 465. The molecular formula is C16H26N2O3. The lowest BCUT2D eigenvalue weighted by molar-refractivity contribution is 0.0939. The summed E-state index contributed by atoms with van der Waals surface area (Å²) >= 11 is 0. The monoisotopic (exact) mass is 294 g/mol. The third kappa shape index (κ3) is 4.93. The SMILES string of the molecule is COc1ccc(C(=O)NCCN(C(C)C)C(C)C)cc1O. The van der Waals surface area contributed by atoms with Crippen molar-refractivity contribution in [3.05, 3.63) is 23.8 Å². The van der Waals surface area contributed by atoms with Crippen LogP contribution in [0.25, 0.3) is 0 Å². The van der Waals surface area contributed by atoms with Gasteiger partial charge in [-0.2, -0.15) is 0 Å². The second-order valence-electron chi connectivity index (χ2n) is 5.57. The number of amides is 1. The van der Waals surface area contributed by atoms with Crippen LogP contribution in [0.2, 0.25) is 0 Å². The van der Waals surface area contributed by atoms with Crippen LogP contribution < -0.4 is 10.1 Å². The van der Waals surface area contributed by atoms with Crippen molar-refractivity contribution in [3.8, 4) is 11.5 Å². The van der Waals surface area contributed by atoms with Crippen molar-refractivity contribution in [2.24, 2.45) is 0 Å². The molecule has 0 atom stereocenters. The molecule has 0 bridgehead atoms. The molecule has 1 aromatic carbocycles. The van der Waals surface area contributed by atoms with Crippen molar-refractivity contribution in [2.45, 2.75) is 39.8 Å². The summed E-state index contributed by atoms with van der Waals surface area (Å²) in [5.41, 5.74) is 0.425. The number of benzene rings is 1. The van der Waals surface area contributed by atoms with E-state index in [0.717, 1.165) is 6.54 Å². The maximum atomic E-state index is 12.0. The Morgan fingerprint density at radius 2 is 1.90 bits per heavy atom. The van der Waals surface area contributed by atoms with E-state index in [1.165, 1.54) is 13.2 Å². The highest BCUT2D eigenvalue weighted by Crippen LogP contribution is 2.26. The van der Waals surface area contributed by atoms with Gasteiger partial charge in [-0.05, 0) is 45.9 Å². The average Bonchev–Trinajstić information content (AvgIpc) is 2.42. The Balaban J connectivity index is 2.56. The summed E-state index contributed by atoms with van der Waals surface area (Å²) in [4.78, 5) is 14.3. The molecule has 5 heteroatoms. The second kappa shape index (κ2) is 7.88. The van der Waals surface area contributed by atoms with Gasteiger partial charge in [-0.3, -0.25) is 9.69 Å². The maximum Gasteiger partial charge on any atom is 0.251 e. The van der Waals surface area contributed by atoms with Gasteiger partial charge in [0.05, 0.1) is 7.11 Å². The molecule has 0 aliphatic carbocycles. The summed E-state index contributed by atoms with van der Waals surface area (Å²) in [5, 5.41) is 12.6. The van der Waals surface area contributed by atoms with Gasteiger partial charge >= 0.3 is 0 Å². The summed E-state index contributed by atoms with van der Waals surface area (Å²) < 4.78 is 4.96. The van der Waals surface area contributed by atoms with Crippen molar-refractivity contribution in [3.63, 3.8) is 0 Å². The average molecular weight is 294 g/mol. The lowest BCUT2D eigenvalue weighted by Gasteiger charge is -2.30. The summed E-state index contributed by atoms with van der Waals surface area (Å²) in [6.07, 6.45) is 0. The normalized spacial score (nSPS) is 11.2. The molecule has 1 aromatic rings. The van der Waals surface area contributed by atoms with Gasteiger partial charge in [0.25, 0.3) is 5.91 Å². The van der Waals surface area contributed by atoms with Gasteiger partial charge in [-0.15, -0.1) is 0 Å². The summed E-state index contributed by atoms with van der Waals surface area (Å²) in [7, 11) is 1.47. The molecule has 0 unspecified atom stereocenters. The van der Waals surface area contributed by atoms with E-state index in [1.54, 1.807) is 12.1 Å². The van der Waals surface area contributed by atoms with Gasteiger partial charge in [0.15, 0.2) is 11.5 Å². The molecule has 118 valence electrons. The second-order valence-corrected chi connectivity index (χ2v) is 5.57.